The van der Waals surface area contributed by atoms with Crippen molar-refractivity contribution in [2.45, 2.75) is 58.4 Å². The first-order valence-corrected chi connectivity index (χ1v) is 5.64. The zero-order valence-electron chi connectivity index (χ0n) is 9.58. The van der Waals surface area contributed by atoms with Gasteiger partial charge in [0.2, 0.25) is 5.91 Å². The van der Waals surface area contributed by atoms with Gasteiger partial charge in [0.25, 0.3) is 0 Å². The highest BCUT2D eigenvalue weighted by Crippen LogP contribution is 2.02. The van der Waals surface area contributed by atoms with Gasteiger partial charge < -0.3 is 10.4 Å². The molecule has 0 saturated carbocycles. The van der Waals surface area contributed by atoms with Crippen molar-refractivity contribution in [2.24, 2.45) is 0 Å². The van der Waals surface area contributed by atoms with Gasteiger partial charge >= 0.3 is 5.97 Å². The van der Waals surface area contributed by atoms with Crippen LogP contribution in [-0.4, -0.2) is 23.0 Å². The fourth-order valence-corrected chi connectivity index (χ4v) is 1.32. The molecule has 0 fully saturated rings. The second-order valence-electron chi connectivity index (χ2n) is 3.68. The van der Waals surface area contributed by atoms with Crippen LogP contribution >= 0.6 is 0 Å². The number of hydrogen-bond acceptors (Lipinski definition) is 2. The van der Waals surface area contributed by atoms with Gasteiger partial charge in [-0.1, -0.05) is 33.1 Å². The molecule has 0 bridgehead atoms. The van der Waals surface area contributed by atoms with E-state index >= 15 is 0 Å². The minimum atomic E-state index is -0.959. The van der Waals surface area contributed by atoms with Crippen molar-refractivity contribution in [1.82, 2.24) is 5.32 Å². The number of carboxylic acid groups (broad SMARTS) is 1. The van der Waals surface area contributed by atoms with E-state index in [2.05, 4.69) is 12.2 Å². The predicted molar refractivity (Wildman–Crippen MR) is 58.6 cm³/mol. The molecule has 0 radical (unpaired) electrons. The first-order chi connectivity index (χ1) is 7.11. The number of rotatable bonds is 8. The summed E-state index contributed by atoms with van der Waals surface area (Å²) in [5.74, 6) is -1.11. The molecule has 0 aromatic carbocycles. The zero-order valence-corrected chi connectivity index (χ0v) is 9.58. The van der Waals surface area contributed by atoms with E-state index in [-0.39, 0.29) is 5.91 Å². The van der Waals surface area contributed by atoms with Crippen LogP contribution in [0.4, 0.5) is 0 Å². The summed E-state index contributed by atoms with van der Waals surface area (Å²) in [6.07, 6.45) is 5.00. The van der Waals surface area contributed by atoms with E-state index in [4.69, 9.17) is 5.11 Å². The Kier molecular flexibility index (Phi) is 7.68. The number of nitrogens with one attached hydrogen (secondary N) is 1. The summed E-state index contributed by atoms with van der Waals surface area (Å²) in [7, 11) is 0. The molecule has 0 aliphatic rings. The Bertz CT molecular complexity index is 204. The molecular weight excluding hydrogens is 194 g/mol. The van der Waals surface area contributed by atoms with E-state index in [1.807, 2.05) is 0 Å². The number of aliphatic carboxylic acids is 1. The maximum absolute atomic E-state index is 11.3. The molecule has 4 nitrogen and oxygen atoms in total. The second kappa shape index (κ2) is 8.26. The van der Waals surface area contributed by atoms with Crippen molar-refractivity contribution in [2.75, 3.05) is 0 Å². The lowest BCUT2D eigenvalue weighted by Crippen LogP contribution is -2.40. The number of carbonyl (C=O) groups is 2. The SMILES string of the molecule is CCCCCCC(=O)N[C@@H](CC)C(=O)O. The lowest BCUT2D eigenvalue weighted by atomic mass is 10.1. The van der Waals surface area contributed by atoms with Crippen molar-refractivity contribution >= 4 is 11.9 Å². The first kappa shape index (κ1) is 13.9. The standard InChI is InChI=1S/C11H21NO3/c1-3-5-6-7-8-10(13)12-9(4-2)11(14)15/h9H,3-8H2,1-2H3,(H,12,13)(H,14,15)/t9-/m0/s1. The summed E-state index contributed by atoms with van der Waals surface area (Å²) in [4.78, 5) is 21.9. The van der Waals surface area contributed by atoms with Crippen LogP contribution < -0.4 is 5.32 Å². The highest BCUT2D eigenvalue weighted by Gasteiger charge is 2.16. The Morgan fingerprint density at radius 3 is 2.33 bits per heavy atom. The summed E-state index contributed by atoms with van der Waals surface area (Å²) >= 11 is 0. The van der Waals surface area contributed by atoms with Crippen molar-refractivity contribution in [3.63, 3.8) is 0 Å². The van der Waals surface area contributed by atoms with Crippen LogP contribution in [0.15, 0.2) is 0 Å². The number of hydrogen-bond donors (Lipinski definition) is 2. The smallest absolute Gasteiger partial charge is 0.326 e. The average molecular weight is 215 g/mol. The molecule has 0 unspecified atom stereocenters. The summed E-state index contributed by atoms with van der Waals surface area (Å²) in [5.41, 5.74) is 0. The normalized spacial score (nSPS) is 12.1. The van der Waals surface area contributed by atoms with Gasteiger partial charge in [-0.2, -0.15) is 0 Å². The van der Waals surface area contributed by atoms with Crippen LogP contribution in [0.25, 0.3) is 0 Å². The van der Waals surface area contributed by atoms with Crippen LogP contribution in [0.3, 0.4) is 0 Å². The van der Waals surface area contributed by atoms with Crippen LogP contribution in [0.5, 0.6) is 0 Å². The third-order valence-electron chi connectivity index (χ3n) is 2.30. The third-order valence-corrected chi connectivity index (χ3v) is 2.30. The number of amides is 1. The summed E-state index contributed by atoms with van der Waals surface area (Å²) < 4.78 is 0. The molecule has 1 atom stereocenters. The Morgan fingerprint density at radius 1 is 1.20 bits per heavy atom. The fourth-order valence-electron chi connectivity index (χ4n) is 1.32. The molecule has 0 aliphatic carbocycles. The Hall–Kier alpha value is -1.06. The summed E-state index contributed by atoms with van der Waals surface area (Å²) in [6, 6.07) is -0.733. The van der Waals surface area contributed by atoms with Gasteiger partial charge in [0.05, 0.1) is 0 Å². The zero-order chi connectivity index (χ0) is 11.7. The van der Waals surface area contributed by atoms with Gasteiger partial charge in [0.1, 0.15) is 6.04 Å². The molecule has 1 amide bonds. The molecule has 0 aliphatic heterocycles. The maximum atomic E-state index is 11.3. The molecule has 0 spiro atoms. The number of carboxylic acids is 1. The molecule has 0 heterocycles. The first-order valence-electron chi connectivity index (χ1n) is 5.64. The topological polar surface area (TPSA) is 66.4 Å². The molecule has 0 saturated heterocycles. The monoisotopic (exact) mass is 215 g/mol. The van der Waals surface area contributed by atoms with Crippen molar-refractivity contribution in [1.29, 1.82) is 0 Å². The van der Waals surface area contributed by atoms with Crippen molar-refractivity contribution in [3.8, 4) is 0 Å². The number of unbranched alkanes of at least 4 members (excludes halogenated alkanes) is 3. The lowest BCUT2D eigenvalue weighted by Gasteiger charge is -2.11. The predicted octanol–water partition coefficient (Wildman–Crippen LogP) is 1.94. The molecule has 15 heavy (non-hydrogen) atoms. The highest BCUT2D eigenvalue weighted by molar-refractivity contribution is 5.83. The molecule has 88 valence electrons. The molecule has 0 aromatic rings. The van der Waals surface area contributed by atoms with Crippen molar-refractivity contribution in [3.05, 3.63) is 0 Å². The summed E-state index contributed by atoms with van der Waals surface area (Å²) in [5, 5.41) is 11.2. The van der Waals surface area contributed by atoms with Crippen LogP contribution in [-0.2, 0) is 9.59 Å². The van der Waals surface area contributed by atoms with Gasteiger partial charge in [-0.25, -0.2) is 4.79 Å². The van der Waals surface area contributed by atoms with E-state index in [0.717, 1.165) is 25.7 Å². The molecule has 0 rings (SSSR count). The van der Waals surface area contributed by atoms with E-state index in [1.165, 1.54) is 0 Å². The minimum absolute atomic E-state index is 0.152. The lowest BCUT2D eigenvalue weighted by molar-refractivity contribution is -0.141. The molecule has 0 aromatic heterocycles. The minimum Gasteiger partial charge on any atom is -0.480 e. The van der Waals surface area contributed by atoms with Gasteiger partial charge in [-0.05, 0) is 12.8 Å². The van der Waals surface area contributed by atoms with E-state index in [0.29, 0.717) is 12.8 Å². The van der Waals surface area contributed by atoms with Gasteiger partial charge in [-0.3, -0.25) is 4.79 Å². The van der Waals surface area contributed by atoms with E-state index in [9.17, 15) is 9.59 Å². The average Bonchev–Trinajstić information content (AvgIpc) is 2.20. The highest BCUT2D eigenvalue weighted by atomic mass is 16.4. The van der Waals surface area contributed by atoms with Crippen LogP contribution in [0.1, 0.15) is 52.4 Å². The molecular formula is C11H21NO3. The summed E-state index contributed by atoms with van der Waals surface area (Å²) in [6.45, 7) is 3.85. The van der Waals surface area contributed by atoms with Crippen LogP contribution in [0, 0.1) is 0 Å². The third kappa shape index (κ3) is 6.94. The van der Waals surface area contributed by atoms with Gasteiger partial charge in [0.15, 0.2) is 0 Å². The second-order valence-corrected chi connectivity index (χ2v) is 3.68. The Balaban J connectivity index is 3.67. The largest absolute Gasteiger partial charge is 0.480 e. The van der Waals surface area contributed by atoms with Gasteiger partial charge in [-0.15, -0.1) is 0 Å². The van der Waals surface area contributed by atoms with E-state index in [1.54, 1.807) is 6.92 Å². The fraction of sp³-hybridized carbons (Fsp3) is 0.818. The molecule has 4 heteroatoms. The van der Waals surface area contributed by atoms with Crippen LogP contribution in [0.2, 0.25) is 0 Å². The van der Waals surface area contributed by atoms with E-state index < -0.39 is 12.0 Å². The Labute approximate surface area is 91.1 Å². The van der Waals surface area contributed by atoms with Gasteiger partial charge in [0, 0.05) is 6.42 Å². The van der Waals surface area contributed by atoms with Crippen molar-refractivity contribution < 1.29 is 14.7 Å². The quantitative estimate of drug-likeness (QED) is 0.608. The Morgan fingerprint density at radius 2 is 1.87 bits per heavy atom. The molecule has 2 N–H and O–H groups in total. The maximum Gasteiger partial charge on any atom is 0.326 e. The number of carbonyl (C=O) groups excluding carboxylic acids is 1.